The summed E-state index contributed by atoms with van der Waals surface area (Å²) in [4.78, 5) is 58.4. The molecule has 0 saturated heterocycles. The quantitative estimate of drug-likeness (QED) is 0.0672. The van der Waals surface area contributed by atoms with Crippen LogP contribution in [-0.4, -0.2) is 50.6 Å². The van der Waals surface area contributed by atoms with Crippen LogP contribution in [0.25, 0.3) is 21.8 Å². The molecule has 2 heterocycles. The molecule has 4 aromatic carbocycles. The summed E-state index contributed by atoms with van der Waals surface area (Å²) >= 11 is 0. The van der Waals surface area contributed by atoms with E-state index < -0.39 is 49.0 Å². The highest BCUT2D eigenvalue weighted by Gasteiger charge is 2.38. The number of carbonyl (C=O) groups is 3. The number of aryl methyl sites for hydroxylation is 1. The summed E-state index contributed by atoms with van der Waals surface area (Å²) in [6.45, 7) is 0. The Morgan fingerprint density at radius 2 is 1.43 bits per heavy atom. The van der Waals surface area contributed by atoms with E-state index in [1.54, 1.807) is 12.3 Å². The number of hydrogen-bond acceptors (Lipinski definition) is 4. The number of benzene rings is 4. The zero-order chi connectivity index (χ0) is 35.8. The Hall–Kier alpha value is -5.44. The number of aromatic nitrogens is 2. The Kier molecular flexibility index (Phi) is 11.1. The number of carbonyl (C=O) groups excluding carboxylic acids is 3. The van der Waals surface area contributed by atoms with Gasteiger partial charge in [-0.05, 0) is 54.2 Å². The van der Waals surface area contributed by atoms with Crippen molar-refractivity contribution in [2.45, 2.75) is 43.9 Å². The first-order valence-corrected chi connectivity index (χ1v) is 19.0. The van der Waals surface area contributed by atoms with Gasteiger partial charge in [0.2, 0.25) is 19.2 Å². The summed E-state index contributed by atoms with van der Waals surface area (Å²) in [5, 5.41) is 7.37. The van der Waals surface area contributed by atoms with Gasteiger partial charge in [0, 0.05) is 52.9 Å². The first-order chi connectivity index (χ1) is 24.7. The molecule has 2 aromatic heterocycles. The topological polar surface area (TPSA) is 170 Å². The van der Waals surface area contributed by atoms with Crippen molar-refractivity contribution >= 4 is 46.9 Å². The van der Waals surface area contributed by atoms with Gasteiger partial charge in [-0.1, -0.05) is 97.1 Å². The number of hydrogen-bond donors (Lipinski definition) is 6. The average Bonchev–Trinajstić information content (AvgIpc) is 3.76. The molecule has 6 rings (SSSR count). The van der Waals surface area contributed by atoms with Gasteiger partial charge in [0.05, 0.1) is 0 Å². The number of para-hydroxylation sites is 2. The van der Waals surface area contributed by atoms with E-state index in [4.69, 9.17) is 5.73 Å². The third-order valence-corrected chi connectivity index (χ3v) is 11.6. The summed E-state index contributed by atoms with van der Waals surface area (Å²) in [5.41, 5.74) is 10.4. The summed E-state index contributed by atoms with van der Waals surface area (Å²) < 4.78 is 14.5. The van der Waals surface area contributed by atoms with Crippen LogP contribution in [0.2, 0.25) is 0 Å². The van der Waals surface area contributed by atoms with E-state index >= 15 is 0 Å². The number of aromatic amines is 2. The smallest absolute Gasteiger partial charge is 0.268 e. The highest BCUT2D eigenvalue weighted by atomic mass is 31.2. The zero-order valence-electron chi connectivity index (χ0n) is 28.1. The Morgan fingerprint density at radius 1 is 0.784 bits per heavy atom. The number of rotatable bonds is 16. The summed E-state index contributed by atoms with van der Waals surface area (Å²) in [6, 6.07) is 34.7. The maximum atomic E-state index is 14.5. The predicted molar refractivity (Wildman–Crippen MR) is 200 cm³/mol. The third kappa shape index (κ3) is 9.03. The van der Waals surface area contributed by atoms with Crippen molar-refractivity contribution in [2.75, 3.05) is 6.16 Å². The van der Waals surface area contributed by atoms with Crippen molar-refractivity contribution in [3.05, 3.63) is 144 Å². The lowest BCUT2D eigenvalue weighted by molar-refractivity contribution is -0.129. The minimum atomic E-state index is -4.28. The number of nitrogens with two attached hydrogens (primary N) is 1. The SMILES string of the molecule is NC(=O)C(Cc1c[nH]c2ccccc12)NC(=O)C(CCCc1ccccc1)CP(=O)(O)C(Cc1ccccc1)NC(=O)c1cc2ccccc2[nH]1. The normalized spacial score (nSPS) is 14.4. The van der Waals surface area contributed by atoms with E-state index in [1.807, 2.05) is 109 Å². The minimum absolute atomic E-state index is 0.0728. The van der Waals surface area contributed by atoms with Crippen LogP contribution in [0, 0.1) is 5.92 Å². The second kappa shape index (κ2) is 16.1. The van der Waals surface area contributed by atoms with Crippen molar-refractivity contribution in [1.29, 1.82) is 0 Å². The maximum Gasteiger partial charge on any atom is 0.268 e. The molecule has 0 aliphatic rings. The molecular weight excluding hydrogens is 661 g/mol. The second-order valence-corrected chi connectivity index (χ2v) is 15.5. The number of primary amides is 1. The lowest BCUT2D eigenvalue weighted by Gasteiger charge is -2.28. The van der Waals surface area contributed by atoms with Crippen LogP contribution >= 0.6 is 7.37 Å². The van der Waals surface area contributed by atoms with Crippen LogP contribution in [-0.2, 0) is 33.4 Å². The number of amides is 3. The van der Waals surface area contributed by atoms with Crippen molar-refractivity contribution in [3.63, 3.8) is 0 Å². The summed E-state index contributed by atoms with van der Waals surface area (Å²) in [7, 11) is -4.28. The Bertz CT molecular complexity index is 2130. The van der Waals surface area contributed by atoms with Gasteiger partial charge in [-0.25, -0.2) is 0 Å². The van der Waals surface area contributed by atoms with Crippen LogP contribution in [0.5, 0.6) is 0 Å². The molecule has 0 aliphatic heterocycles. The van der Waals surface area contributed by atoms with Gasteiger partial charge in [-0.15, -0.1) is 0 Å². The van der Waals surface area contributed by atoms with Crippen LogP contribution in [0.4, 0.5) is 0 Å². The molecule has 10 nitrogen and oxygen atoms in total. The molecule has 51 heavy (non-hydrogen) atoms. The lowest BCUT2D eigenvalue weighted by atomic mass is 9.98. The Balaban J connectivity index is 1.25. The Morgan fingerprint density at radius 3 is 2.14 bits per heavy atom. The van der Waals surface area contributed by atoms with Gasteiger partial charge in [-0.2, -0.15) is 0 Å². The van der Waals surface area contributed by atoms with Gasteiger partial charge in [-0.3, -0.25) is 18.9 Å². The van der Waals surface area contributed by atoms with E-state index in [1.165, 1.54) is 0 Å². The molecule has 0 fully saturated rings. The zero-order valence-corrected chi connectivity index (χ0v) is 29.0. The van der Waals surface area contributed by atoms with Crippen molar-refractivity contribution < 1.29 is 23.8 Å². The number of fused-ring (bicyclic) bond motifs is 2. The number of nitrogens with one attached hydrogen (secondary N) is 4. The highest BCUT2D eigenvalue weighted by Crippen LogP contribution is 2.49. The van der Waals surface area contributed by atoms with E-state index in [0.29, 0.717) is 12.8 Å². The fourth-order valence-corrected chi connectivity index (χ4v) is 8.58. The summed E-state index contributed by atoms with van der Waals surface area (Å²) in [5.74, 6) is -3.92. The Labute approximate surface area is 296 Å². The van der Waals surface area contributed by atoms with E-state index in [9.17, 15) is 23.8 Å². The van der Waals surface area contributed by atoms with Crippen LogP contribution < -0.4 is 16.4 Å². The van der Waals surface area contributed by atoms with Gasteiger partial charge in [0.25, 0.3) is 5.91 Å². The van der Waals surface area contributed by atoms with Gasteiger partial charge < -0.3 is 31.2 Å². The lowest BCUT2D eigenvalue weighted by Crippen LogP contribution is -2.48. The van der Waals surface area contributed by atoms with Crippen molar-refractivity contribution in [3.8, 4) is 0 Å². The van der Waals surface area contributed by atoms with Crippen LogP contribution in [0.15, 0.2) is 121 Å². The van der Waals surface area contributed by atoms with Crippen LogP contribution in [0.1, 0.15) is 40.0 Å². The second-order valence-electron chi connectivity index (χ2n) is 13.0. The number of H-pyrrole nitrogens is 2. The molecule has 0 aliphatic carbocycles. The molecule has 6 aromatic rings. The molecule has 11 heteroatoms. The van der Waals surface area contributed by atoms with Crippen LogP contribution in [0.3, 0.4) is 0 Å². The molecular formula is C40H42N5O5P. The van der Waals surface area contributed by atoms with Gasteiger partial charge in [0.1, 0.15) is 17.5 Å². The van der Waals surface area contributed by atoms with E-state index in [-0.39, 0.29) is 25.0 Å². The minimum Gasteiger partial charge on any atom is -0.368 e. The molecule has 0 spiro atoms. The fraction of sp³-hybridized carbons (Fsp3) is 0.225. The predicted octanol–water partition coefficient (Wildman–Crippen LogP) is 6.07. The molecule has 262 valence electrons. The first kappa shape index (κ1) is 35.4. The molecule has 0 radical (unpaired) electrons. The third-order valence-electron chi connectivity index (χ3n) is 9.30. The van der Waals surface area contributed by atoms with E-state index in [2.05, 4.69) is 20.6 Å². The monoisotopic (exact) mass is 703 g/mol. The average molecular weight is 704 g/mol. The molecule has 4 atom stereocenters. The molecule has 7 N–H and O–H groups in total. The van der Waals surface area contributed by atoms with Gasteiger partial charge >= 0.3 is 0 Å². The van der Waals surface area contributed by atoms with Crippen molar-refractivity contribution in [1.82, 2.24) is 20.6 Å². The largest absolute Gasteiger partial charge is 0.368 e. The van der Waals surface area contributed by atoms with E-state index in [0.717, 1.165) is 38.5 Å². The van der Waals surface area contributed by atoms with Gasteiger partial charge in [0.15, 0.2) is 0 Å². The fourth-order valence-electron chi connectivity index (χ4n) is 6.53. The first-order valence-electron chi connectivity index (χ1n) is 17.1. The molecule has 0 saturated carbocycles. The molecule has 0 bridgehead atoms. The molecule has 4 unspecified atom stereocenters. The maximum absolute atomic E-state index is 14.5. The summed E-state index contributed by atoms with van der Waals surface area (Å²) in [6.07, 6.45) is 3.08. The highest BCUT2D eigenvalue weighted by molar-refractivity contribution is 7.58. The standard InChI is InChI=1S/C40H42N5O5P/c41-38(46)35(24-31-25-42-34-21-10-8-19-32(31)34)44-39(47)30(18-11-16-27-12-3-1-4-13-27)26-51(49,50)37(22-28-14-5-2-6-15-28)45-40(48)36-23-29-17-7-9-20-33(29)43-36/h1-10,12-15,17,19-21,23,25,30,35,37,42-43H,11,16,18,22,24,26H2,(H2,41,46)(H,44,47)(H,45,48)(H,49,50). The molecule has 3 amide bonds. The van der Waals surface area contributed by atoms with Crippen molar-refractivity contribution in [2.24, 2.45) is 11.7 Å².